The van der Waals surface area contributed by atoms with Crippen LogP contribution in [-0.2, 0) is 14.9 Å². The summed E-state index contributed by atoms with van der Waals surface area (Å²) < 4.78 is 15.9. The van der Waals surface area contributed by atoms with Crippen LogP contribution in [0.2, 0.25) is 0 Å². The summed E-state index contributed by atoms with van der Waals surface area (Å²) in [5.74, 6) is 2.27. The molecule has 0 fully saturated rings. The minimum Gasteiger partial charge on any atom is -0.501 e. The fourth-order valence-corrected chi connectivity index (χ4v) is 2.86. The molecule has 114 valence electrons. The molecule has 0 radical (unpaired) electrons. The van der Waals surface area contributed by atoms with Gasteiger partial charge in [0.1, 0.15) is 17.3 Å². The molecule has 1 atom stereocenters. The third-order valence-electron chi connectivity index (χ3n) is 4.35. The molecular formula is C17H22O4. The summed E-state index contributed by atoms with van der Waals surface area (Å²) in [5.41, 5.74) is 1.04. The van der Waals surface area contributed by atoms with Crippen molar-refractivity contribution in [3.63, 3.8) is 0 Å². The van der Waals surface area contributed by atoms with Gasteiger partial charge in [0.05, 0.1) is 26.7 Å². The van der Waals surface area contributed by atoms with Crippen LogP contribution >= 0.6 is 0 Å². The van der Waals surface area contributed by atoms with E-state index in [0.717, 1.165) is 17.7 Å². The van der Waals surface area contributed by atoms with Crippen molar-refractivity contribution >= 4 is 5.78 Å². The van der Waals surface area contributed by atoms with Gasteiger partial charge in [-0.3, -0.25) is 4.79 Å². The first-order valence-corrected chi connectivity index (χ1v) is 6.98. The number of hydrogen-bond donors (Lipinski definition) is 0. The molecule has 0 aliphatic heterocycles. The van der Waals surface area contributed by atoms with Crippen molar-refractivity contribution < 1.29 is 19.0 Å². The van der Waals surface area contributed by atoms with Gasteiger partial charge in [0, 0.05) is 18.1 Å². The standard InChI is InChI=1S/C17H22O4/c1-11-15(21-5)6-7-17(2,16(11)18)12-8-13(19-3)10-14(9-12)20-4/h8-10H,6-7H2,1-5H3. The van der Waals surface area contributed by atoms with E-state index in [1.54, 1.807) is 21.3 Å². The zero-order chi connectivity index (χ0) is 15.6. The van der Waals surface area contributed by atoms with Crippen molar-refractivity contribution in [1.29, 1.82) is 0 Å². The summed E-state index contributed by atoms with van der Waals surface area (Å²) in [6.45, 7) is 3.80. The molecule has 21 heavy (non-hydrogen) atoms. The zero-order valence-corrected chi connectivity index (χ0v) is 13.3. The van der Waals surface area contributed by atoms with Crippen molar-refractivity contribution in [3.05, 3.63) is 35.1 Å². The molecule has 4 heteroatoms. The fraction of sp³-hybridized carbons (Fsp3) is 0.471. The van der Waals surface area contributed by atoms with E-state index in [4.69, 9.17) is 14.2 Å². The lowest BCUT2D eigenvalue weighted by atomic mass is 9.69. The molecule has 1 aliphatic carbocycles. The second kappa shape index (κ2) is 5.80. The van der Waals surface area contributed by atoms with Gasteiger partial charge < -0.3 is 14.2 Å². The Hall–Kier alpha value is -1.97. The summed E-state index contributed by atoms with van der Waals surface area (Å²) in [5, 5.41) is 0. The van der Waals surface area contributed by atoms with Crippen molar-refractivity contribution in [3.8, 4) is 11.5 Å². The lowest BCUT2D eigenvalue weighted by molar-refractivity contribution is -0.121. The third-order valence-corrected chi connectivity index (χ3v) is 4.35. The molecule has 0 bridgehead atoms. The average molecular weight is 290 g/mol. The highest BCUT2D eigenvalue weighted by Crippen LogP contribution is 2.41. The molecule has 0 saturated heterocycles. The fourth-order valence-electron chi connectivity index (χ4n) is 2.86. The molecule has 4 nitrogen and oxygen atoms in total. The van der Waals surface area contributed by atoms with Gasteiger partial charge in [-0.05, 0) is 38.0 Å². The Morgan fingerprint density at radius 2 is 1.57 bits per heavy atom. The van der Waals surface area contributed by atoms with E-state index in [1.807, 2.05) is 32.0 Å². The van der Waals surface area contributed by atoms with Crippen LogP contribution in [0.4, 0.5) is 0 Å². The van der Waals surface area contributed by atoms with E-state index in [2.05, 4.69) is 0 Å². The van der Waals surface area contributed by atoms with Gasteiger partial charge in [0.15, 0.2) is 5.78 Å². The molecule has 1 aromatic rings. The Morgan fingerprint density at radius 3 is 2.05 bits per heavy atom. The van der Waals surface area contributed by atoms with Crippen molar-refractivity contribution in [1.82, 2.24) is 0 Å². The smallest absolute Gasteiger partial charge is 0.172 e. The van der Waals surface area contributed by atoms with Crippen LogP contribution < -0.4 is 9.47 Å². The van der Waals surface area contributed by atoms with Crippen LogP contribution in [0, 0.1) is 0 Å². The third kappa shape index (κ3) is 2.62. The van der Waals surface area contributed by atoms with Gasteiger partial charge in [-0.2, -0.15) is 0 Å². The van der Waals surface area contributed by atoms with E-state index < -0.39 is 5.41 Å². The molecule has 0 amide bonds. The Labute approximate surface area is 125 Å². The quantitative estimate of drug-likeness (QED) is 0.854. The molecule has 1 aliphatic rings. The van der Waals surface area contributed by atoms with Crippen molar-refractivity contribution in [2.75, 3.05) is 21.3 Å². The van der Waals surface area contributed by atoms with Gasteiger partial charge in [0.25, 0.3) is 0 Å². The number of hydrogen-bond acceptors (Lipinski definition) is 4. The minimum atomic E-state index is -0.575. The van der Waals surface area contributed by atoms with E-state index >= 15 is 0 Å². The Balaban J connectivity index is 2.50. The molecule has 1 unspecified atom stereocenters. The summed E-state index contributed by atoms with van der Waals surface area (Å²) >= 11 is 0. The van der Waals surface area contributed by atoms with E-state index in [9.17, 15) is 4.79 Å². The second-order valence-corrected chi connectivity index (χ2v) is 5.51. The average Bonchev–Trinajstić information content (AvgIpc) is 2.52. The molecule has 2 rings (SSSR count). The topological polar surface area (TPSA) is 44.8 Å². The Morgan fingerprint density at radius 1 is 1.00 bits per heavy atom. The highest BCUT2D eigenvalue weighted by Gasteiger charge is 2.40. The lowest BCUT2D eigenvalue weighted by Gasteiger charge is -2.34. The maximum absolute atomic E-state index is 12.8. The number of benzene rings is 1. The maximum Gasteiger partial charge on any atom is 0.172 e. The highest BCUT2D eigenvalue weighted by atomic mass is 16.5. The van der Waals surface area contributed by atoms with E-state index in [1.165, 1.54) is 0 Å². The molecule has 0 heterocycles. The van der Waals surface area contributed by atoms with E-state index in [-0.39, 0.29) is 5.78 Å². The first-order valence-electron chi connectivity index (χ1n) is 6.98. The van der Waals surface area contributed by atoms with Crippen LogP contribution in [0.25, 0.3) is 0 Å². The van der Waals surface area contributed by atoms with Crippen LogP contribution in [0.1, 0.15) is 32.3 Å². The summed E-state index contributed by atoms with van der Waals surface area (Å²) in [6.07, 6.45) is 1.47. The van der Waals surface area contributed by atoms with Gasteiger partial charge in [-0.1, -0.05) is 0 Å². The predicted octanol–water partition coefficient (Wildman–Crippen LogP) is 3.24. The van der Waals surface area contributed by atoms with Gasteiger partial charge in [0.2, 0.25) is 0 Å². The largest absolute Gasteiger partial charge is 0.501 e. The summed E-state index contributed by atoms with van der Waals surface area (Å²) in [7, 11) is 4.83. The molecule has 0 aromatic heterocycles. The maximum atomic E-state index is 12.8. The van der Waals surface area contributed by atoms with Gasteiger partial charge in [-0.15, -0.1) is 0 Å². The monoisotopic (exact) mass is 290 g/mol. The van der Waals surface area contributed by atoms with Crippen molar-refractivity contribution in [2.45, 2.75) is 32.1 Å². The number of rotatable bonds is 4. The van der Waals surface area contributed by atoms with Crippen LogP contribution in [0.15, 0.2) is 29.5 Å². The number of carbonyl (C=O) groups excluding carboxylic acids is 1. The number of allylic oxidation sites excluding steroid dienone is 2. The number of ether oxygens (including phenoxy) is 3. The second-order valence-electron chi connectivity index (χ2n) is 5.51. The first-order chi connectivity index (χ1) is 9.96. The summed E-state index contributed by atoms with van der Waals surface area (Å²) in [6, 6.07) is 5.63. The highest BCUT2D eigenvalue weighted by molar-refractivity contribution is 6.04. The van der Waals surface area contributed by atoms with Crippen LogP contribution in [0.5, 0.6) is 11.5 Å². The SMILES string of the molecule is COC1=C(C)C(=O)C(C)(c2cc(OC)cc(OC)c2)CC1. The van der Waals surface area contributed by atoms with E-state index in [0.29, 0.717) is 23.5 Å². The number of carbonyl (C=O) groups is 1. The van der Waals surface area contributed by atoms with Gasteiger partial charge in [-0.25, -0.2) is 0 Å². The van der Waals surface area contributed by atoms with Crippen LogP contribution in [-0.4, -0.2) is 27.1 Å². The van der Waals surface area contributed by atoms with Gasteiger partial charge >= 0.3 is 0 Å². The molecule has 0 spiro atoms. The molecular weight excluding hydrogens is 268 g/mol. The van der Waals surface area contributed by atoms with Crippen molar-refractivity contribution in [2.24, 2.45) is 0 Å². The Kier molecular flexibility index (Phi) is 4.26. The molecule has 1 aromatic carbocycles. The zero-order valence-electron chi connectivity index (χ0n) is 13.3. The normalized spacial score (nSPS) is 22.2. The molecule has 0 saturated carbocycles. The molecule has 0 N–H and O–H groups in total. The number of ketones is 1. The summed E-state index contributed by atoms with van der Waals surface area (Å²) in [4.78, 5) is 12.8. The number of Topliss-reactive ketones (excluding diaryl/α,β-unsaturated/α-hetero) is 1. The number of methoxy groups -OCH3 is 3. The first kappa shape index (κ1) is 15.4. The minimum absolute atomic E-state index is 0.0981. The Bertz CT molecular complexity index is 566. The lowest BCUT2D eigenvalue weighted by Crippen LogP contribution is -2.37. The predicted molar refractivity (Wildman–Crippen MR) is 80.8 cm³/mol. The van der Waals surface area contributed by atoms with Crippen LogP contribution in [0.3, 0.4) is 0 Å².